The van der Waals surface area contributed by atoms with Crippen LogP contribution in [0.1, 0.15) is 139 Å². The number of likely N-dealkylation sites (tertiary alicyclic amines) is 3. The zero-order valence-corrected chi connectivity index (χ0v) is 42.8. The quantitative estimate of drug-likeness (QED) is 0.172. The van der Waals surface area contributed by atoms with Crippen LogP contribution in [-0.4, -0.2) is 155 Å². The van der Waals surface area contributed by atoms with Crippen LogP contribution in [0, 0.1) is 23.0 Å². The minimum atomic E-state index is -0.918. The standard InChI is InChI=1S/C58H70F2N8O7/c59-48-16-15-37(31-49-44-11-4-5-12-45(44)54(71)63-62-49)30-47(48)55(72)67-28-26-65(27-29-67)50(69)36-64-22-17-41(18-23-64)75-42-19-24-66(25-20-42)56(73)52(39-8-2-1-3-9-39)61-53(70)46-14-6-13-43(51(46)60)40-10-7-21-68(35-40)57(74)58-32-38(33-58)34-58/h4-6,8,11-16,30,38,40-42,52,54,63,71H,1-3,7,9-10,17-29,31-36H2,(H,61,70)/t38?,40?,52-,54?,58?/m1/s1. The molecule has 9 aliphatic rings. The van der Waals surface area contributed by atoms with E-state index in [4.69, 9.17) is 4.74 Å². The van der Waals surface area contributed by atoms with E-state index in [1.165, 1.54) is 12.1 Å². The van der Waals surface area contributed by atoms with Crippen molar-refractivity contribution in [3.8, 4) is 0 Å². The van der Waals surface area contributed by atoms with Gasteiger partial charge in [0.25, 0.3) is 11.8 Å². The summed E-state index contributed by atoms with van der Waals surface area (Å²) in [5.74, 6) is -1.68. The molecule has 0 aromatic heterocycles. The smallest absolute Gasteiger partial charge is 0.256 e. The van der Waals surface area contributed by atoms with Crippen LogP contribution in [0.5, 0.6) is 0 Å². The Labute approximate surface area is 437 Å². The molecule has 15 nitrogen and oxygen atoms in total. The van der Waals surface area contributed by atoms with E-state index in [1.54, 1.807) is 34.1 Å². The summed E-state index contributed by atoms with van der Waals surface area (Å²) >= 11 is 0. The molecule has 5 aliphatic heterocycles. The van der Waals surface area contributed by atoms with Gasteiger partial charge in [0.1, 0.15) is 17.7 Å². The molecule has 75 heavy (non-hydrogen) atoms. The first-order valence-corrected chi connectivity index (χ1v) is 27.6. The van der Waals surface area contributed by atoms with Crippen LogP contribution in [0.3, 0.4) is 0 Å². The summed E-state index contributed by atoms with van der Waals surface area (Å²) < 4.78 is 38.2. The number of halogens is 2. The van der Waals surface area contributed by atoms with Crippen molar-refractivity contribution in [1.82, 2.24) is 35.2 Å². The van der Waals surface area contributed by atoms with Gasteiger partial charge in [-0.05, 0) is 124 Å². The largest absolute Gasteiger partial charge is 0.375 e. The second kappa shape index (κ2) is 21.9. The molecule has 2 bridgehead atoms. The number of hydrogen-bond acceptors (Lipinski definition) is 10. The number of piperazine rings is 1. The van der Waals surface area contributed by atoms with Gasteiger partial charge in [0.2, 0.25) is 17.7 Å². The van der Waals surface area contributed by atoms with Gasteiger partial charge >= 0.3 is 0 Å². The Kier molecular flexibility index (Phi) is 14.9. The molecule has 3 N–H and O–H groups in total. The number of nitrogens with zero attached hydrogens (tertiary/aromatic N) is 6. The van der Waals surface area contributed by atoms with Crippen LogP contribution < -0.4 is 10.7 Å². The minimum absolute atomic E-state index is 0.00390. The molecule has 3 saturated carbocycles. The molecule has 4 aliphatic carbocycles. The van der Waals surface area contributed by atoms with Crippen LogP contribution in [0.4, 0.5) is 8.78 Å². The number of aliphatic hydroxyl groups excluding tert-OH is 1. The normalized spacial score (nSPS) is 25.7. The summed E-state index contributed by atoms with van der Waals surface area (Å²) in [4.78, 5) is 78.2. The Morgan fingerprint density at radius 2 is 1.48 bits per heavy atom. The SMILES string of the molecule is O=C(N[C@@H](C(=O)N1CCC(OC2CCN(CC(=O)N3CCN(C(=O)c4cc(CC5=NNC(O)c6ccccc65)ccc4F)CC3)CC2)CC1)C1=CCCCC1)c1cccc(C2CCCN(C(=O)C34CC(C3)C4)C2)c1F. The fraction of sp³-hybridized carbons (Fsp3) is 0.552. The first-order valence-electron chi connectivity index (χ1n) is 27.6. The van der Waals surface area contributed by atoms with Crippen molar-refractivity contribution in [3.63, 3.8) is 0 Å². The molecule has 12 rings (SSSR count). The highest BCUT2D eigenvalue weighted by Gasteiger charge is 2.62. The third-order valence-electron chi connectivity index (χ3n) is 17.6. The van der Waals surface area contributed by atoms with E-state index < -0.39 is 35.7 Å². The topological polar surface area (TPSA) is 167 Å². The van der Waals surface area contributed by atoms with Crippen molar-refractivity contribution in [1.29, 1.82) is 0 Å². The molecule has 0 radical (unpaired) electrons. The van der Waals surface area contributed by atoms with E-state index in [0.717, 1.165) is 75.3 Å². The number of rotatable bonds is 13. The predicted molar refractivity (Wildman–Crippen MR) is 276 cm³/mol. The van der Waals surface area contributed by atoms with E-state index in [1.807, 2.05) is 34.1 Å². The first kappa shape index (κ1) is 51.1. The molecule has 5 heterocycles. The fourth-order valence-electron chi connectivity index (χ4n) is 13.1. The number of carbonyl (C=O) groups is 5. The van der Waals surface area contributed by atoms with Gasteiger partial charge in [-0.25, -0.2) is 8.78 Å². The van der Waals surface area contributed by atoms with Gasteiger partial charge in [0.05, 0.1) is 41.0 Å². The highest BCUT2D eigenvalue weighted by molar-refractivity contribution is 6.04. The van der Waals surface area contributed by atoms with Gasteiger partial charge < -0.3 is 34.8 Å². The molecule has 398 valence electrons. The number of carbonyl (C=O) groups excluding carboxylic acids is 5. The van der Waals surface area contributed by atoms with Gasteiger partial charge in [0.15, 0.2) is 6.23 Å². The average Bonchev–Trinajstić information content (AvgIpc) is 3.43. The van der Waals surface area contributed by atoms with Gasteiger partial charge in [-0.3, -0.25) is 34.3 Å². The van der Waals surface area contributed by atoms with E-state index >= 15 is 8.78 Å². The van der Waals surface area contributed by atoms with Crippen molar-refractivity contribution < 1.29 is 42.6 Å². The Morgan fingerprint density at radius 3 is 2.20 bits per heavy atom. The Hall–Kier alpha value is -6.04. The highest BCUT2D eigenvalue weighted by Crippen LogP contribution is 2.65. The van der Waals surface area contributed by atoms with Crippen LogP contribution in [0.2, 0.25) is 0 Å². The lowest BCUT2D eigenvalue weighted by atomic mass is 9.44. The number of benzene rings is 3. The molecule has 4 saturated heterocycles. The maximum absolute atomic E-state index is 16.4. The number of fused-ring (bicyclic) bond motifs is 1. The zero-order valence-electron chi connectivity index (χ0n) is 42.8. The fourth-order valence-corrected chi connectivity index (χ4v) is 13.1. The molecular formula is C58H70F2N8O7. The van der Waals surface area contributed by atoms with Crippen LogP contribution in [0.15, 0.2) is 77.4 Å². The third-order valence-corrected chi connectivity index (χ3v) is 17.6. The van der Waals surface area contributed by atoms with Crippen LogP contribution in [0.25, 0.3) is 0 Å². The number of aliphatic hydroxyl groups is 1. The van der Waals surface area contributed by atoms with E-state index in [-0.39, 0.29) is 58.9 Å². The van der Waals surface area contributed by atoms with Gasteiger partial charge in [0, 0.05) is 88.9 Å². The summed E-state index contributed by atoms with van der Waals surface area (Å²) in [6.07, 6.45) is 12.3. The number of piperidine rings is 3. The van der Waals surface area contributed by atoms with Gasteiger partial charge in [-0.2, -0.15) is 5.10 Å². The lowest BCUT2D eigenvalue weighted by Gasteiger charge is -2.61. The molecule has 3 atom stereocenters. The van der Waals surface area contributed by atoms with Crippen molar-refractivity contribution >= 4 is 35.2 Å². The molecule has 7 fully saturated rings. The number of allylic oxidation sites excluding steroid dienone is 1. The number of amides is 5. The highest BCUT2D eigenvalue weighted by atomic mass is 19.1. The van der Waals surface area contributed by atoms with Gasteiger partial charge in [-0.15, -0.1) is 0 Å². The van der Waals surface area contributed by atoms with Crippen molar-refractivity contribution in [2.45, 2.75) is 120 Å². The first-order chi connectivity index (χ1) is 36.4. The second-order valence-electron chi connectivity index (χ2n) is 22.5. The summed E-state index contributed by atoms with van der Waals surface area (Å²) in [5.41, 5.74) is 6.64. The molecule has 5 amide bonds. The lowest BCUT2D eigenvalue weighted by molar-refractivity contribution is -0.178. The Balaban J connectivity index is 0.621. The van der Waals surface area contributed by atoms with Crippen molar-refractivity contribution in [2.75, 3.05) is 72.0 Å². The molecule has 2 unspecified atom stereocenters. The molecule has 3 aromatic carbocycles. The third kappa shape index (κ3) is 10.7. The predicted octanol–water partition coefficient (Wildman–Crippen LogP) is 6.07. The molecule has 0 spiro atoms. The molecular weight excluding hydrogens is 959 g/mol. The van der Waals surface area contributed by atoms with Crippen LogP contribution in [-0.2, 0) is 25.5 Å². The summed E-state index contributed by atoms with van der Waals surface area (Å²) in [5, 5.41) is 17.6. The number of nitrogens with one attached hydrogen (secondary N) is 2. The van der Waals surface area contributed by atoms with Crippen LogP contribution >= 0.6 is 0 Å². The second-order valence-corrected chi connectivity index (χ2v) is 22.5. The Bertz CT molecular complexity index is 2730. The average molecular weight is 1030 g/mol. The monoisotopic (exact) mass is 1030 g/mol. The minimum Gasteiger partial charge on any atom is -0.375 e. The van der Waals surface area contributed by atoms with E-state index in [0.29, 0.717) is 119 Å². The summed E-state index contributed by atoms with van der Waals surface area (Å²) in [6, 6.07) is 16.0. The number of hydrazone groups is 1. The van der Waals surface area contributed by atoms with Crippen molar-refractivity contribution in [2.24, 2.45) is 16.4 Å². The van der Waals surface area contributed by atoms with E-state index in [2.05, 4.69) is 26.8 Å². The summed E-state index contributed by atoms with van der Waals surface area (Å²) in [7, 11) is 0. The maximum atomic E-state index is 16.4. The lowest BCUT2D eigenvalue weighted by Crippen LogP contribution is -2.62. The molecule has 3 aromatic rings. The van der Waals surface area contributed by atoms with Crippen molar-refractivity contribution in [3.05, 3.63) is 117 Å². The van der Waals surface area contributed by atoms with Gasteiger partial charge in [-0.1, -0.05) is 48.5 Å². The Morgan fingerprint density at radius 1 is 0.760 bits per heavy atom. The number of hydrogen-bond donors (Lipinski definition) is 3. The number of ether oxygens (including phenoxy) is 1. The van der Waals surface area contributed by atoms with E-state index in [9.17, 15) is 29.1 Å². The summed E-state index contributed by atoms with van der Waals surface area (Å²) in [6.45, 7) is 5.09. The molecule has 17 heteroatoms. The zero-order chi connectivity index (χ0) is 51.8. The maximum Gasteiger partial charge on any atom is 0.256 e.